The largest absolute Gasteiger partial charge is 0.492 e. The summed E-state index contributed by atoms with van der Waals surface area (Å²) in [6.07, 6.45) is 8.89. The third-order valence-corrected chi connectivity index (χ3v) is 6.28. The number of allylic oxidation sites excluding steroid dienone is 2. The predicted octanol–water partition coefficient (Wildman–Crippen LogP) is 6.86. The number of benzene rings is 1. The Morgan fingerprint density at radius 2 is 1.95 bits per heavy atom. The van der Waals surface area contributed by atoms with Crippen LogP contribution in [0.25, 0.3) is 16.8 Å². The first-order valence-corrected chi connectivity index (χ1v) is 13.5. The number of unbranched alkanes of at least 4 members (excludes halogenated alkanes) is 1. The molecule has 2 aromatic heterocycles. The first-order valence-electron chi connectivity index (χ1n) is 13.5. The number of hydrogen-bond acceptors (Lipinski definition) is 5. The van der Waals surface area contributed by atoms with Crippen molar-refractivity contribution in [2.24, 2.45) is 0 Å². The molecule has 0 unspecified atom stereocenters. The number of fused-ring (bicyclic) bond motifs is 1. The molecule has 0 aliphatic rings. The van der Waals surface area contributed by atoms with E-state index in [-0.39, 0.29) is 5.82 Å². The summed E-state index contributed by atoms with van der Waals surface area (Å²) >= 11 is 0. The number of imidazole rings is 1. The Hall–Kier alpha value is -3.16. The maximum atomic E-state index is 14.3. The molecular weight excluding hydrogens is 479 g/mol. The van der Waals surface area contributed by atoms with Crippen LogP contribution in [0.2, 0.25) is 0 Å². The number of rotatable bonds is 13. The number of halogens is 1. The highest BCUT2D eigenvalue weighted by Gasteiger charge is 2.14. The van der Waals surface area contributed by atoms with E-state index in [0.717, 1.165) is 35.3 Å². The normalized spacial score (nSPS) is 12.2. The minimum atomic E-state index is -0.323. The molecule has 0 fully saturated rings. The highest BCUT2D eigenvalue weighted by Crippen LogP contribution is 2.32. The van der Waals surface area contributed by atoms with E-state index in [1.54, 1.807) is 13.2 Å². The second-order valence-corrected chi connectivity index (χ2v) is 9.07. The minimum absolute atomic E-state index is 0.323. The highest BCUT2D eigenvalue weighted by atomic mass is 19.1. The number of nitrogens with zero attached hydrogens (tertiary/aromatic N) is 3. The molecule has 0 spiro atoms. The molecule has 0 saturated heterocycles. The van der Waals surface area contributed by atoms with Crippen LogP contribution in [0.15, 0.2) is 65.6 Å². The maximum absolute atomic E-state index is 14.3. The fourth-order valence-corrected chi connectivity index (χ4v) is 4.21. The van der Waals surface area contributed by atoms with E-state index in [9.17, 15) is 4.39 Å². The van der Waals surface area contributed by atoms with E-state index in [0.29, 0.717) is 31.9 Å². The zero-order valence-corrected chi connectivity index (χ0v) is 24.4. The third kappa shape index (κ3) is 8.17. The second kappa shape index (κ2) is 15.9. The standard InChI is InChI=1S/C29H39FN4O2.C2H6/c1-7-8-9-23(20-35-6)26(21(2)33(4)5)14-15-36-28-16-24(30)11-12-27(28)22-10-13-29-32-18-25(17-31-3)34(29)19-22;1-2/h9-13,16,18-19,31H,7-8,14-15,17,20H2,1-6H3;1-2H3/b23-9+,26-21-;. The smallest absolute Gasteiger partial charge is 0.136 e. The second-order valence-electron chi connectivity index (χ2n) is 9.07. The predicted molar refractivity (Wildman–Crippen MR) is 156 cm³/mol. The molecular formula is C31H45FN4O2. The molecule has 1 N–H and O–H groups in total. The van der Waals surface area contributed by atoms with Gasteiger partial charge in [-0.05, 0) is 55.8 Å². The van der Waals surface area contributed by atoms with Crippen LogP contribution >= 0.6 is 0 Å². The summed E-state index contributed by atoms with van der Waals surface area (Å²) in [5, 5.41) is 3.17. The minimum Gasteiger partial charge on any atom is -0.492 e. The van der Waals surface area contributed by atoms with E-state index >= 15 is 0 Å². The van der Waals surface area contributed by atoms with Gasteiger partial charge in [-0.3, -0.25) is 0 Å². The van der Waals surface area contributed by atoms with Gasteiger partial charge in [0.05, 0.1) is 25.1 Å². The number of hydrogen-bond donors (Lipinski definition) is 1. The zero-order valence-electron chi connectivity index (χ0n) is 24.4. The van der Waals surface area contributed by atoms with Crippen molar-refractivity contribution in [2.45, 2.75) is 53.5 Å². The van der Waals surface area contributed by atoms with Crippen LogP contribution < -0.4 is 10.1 Å². The number of pyridine rings is 1. The van der Waals surface area contributed by atoms with Crippen molar-refractivity contribution in [3.63, 3.8) is 0 Å². The van der Waals surface area contributed by atoms with Crippen LogP contribution in [0.5, 0.6) is 5.75 Å². The average Bonchev–Trinajstić information content (AvgIpc) is 3.32. The lowest BCUT2D eigenvalue weighted by molar-refractivity contribution is 0.225. The summed E-state index contributed by atoms with van der Waals surface area (Å²) in [7, 11) is 7.71. The topological polar surface area (TPSA) is 51.0 Å². The van der Waals surface area contributed by atoms with Crippen molar-refractivity contribution >= 4 is 5.65 Å². The number of ether oxygens (including phenoxy) is 2. The molecule has 208 valence electrons. The highest BCUT2D eigenvalue weighted by molar-refractivity contribution is 5.71. The molecule has 7 heteroatoms. The molecule has 1 aromatic carbocycles. The van der Waals surface area contributed by atoms with Gasteiger partial charge in [0.2, 0.25) is 0 Å². The van der Waals surface area contributed by atoms with Crippen molar-refractivity contribution in [2.75, 3.05) is 41.5 Å². The number of aromatic nitrogens is 2. The van der Waals surface area contributed by atoms with Gasteiger partial charge < -0.3 is 24.1 Å². The molecule has 3 rings (SSSR count). The quantitative estimate of drug-likeness (QED) is 0.248. The first kappa shape index (κ1) is 31.1. The van der Waals surface area contributed by atoms with Crippen LogP contribution in [0, 0.1) is 5.82 Å². The maximum Gasteiger partial charge on any atom is 0.136 e. The molecule has 38 heavy (non-hydrogen) atoms. The fourth-order valence-electron chi connectivity index (χ4n) is 4.21. The Morgan fingerprint density at radius 1 is 1.18 bits per heavy atom. The lowest BCUT2D eigenvalue weighted by atomic mass is 9.99. The van der Waals surface area contributed by atoms with Crippen molar-refractivity contribution < 1.29 is 13.9 Å². The van der Waals surface area contributed by atoms with Crippen molar-refractivity contribution in [3.05, 3.63) is 77.2 Å². The molecule has 0 bridgehead atoms. The average molecular weight is 525 g/mol. The van der Waals surface area contributed by atoms with Gasteiger partial charge >= 0.3 is 0 Å². The van der Waals surface area contributed by atoms with Crippen LogP contribution in [0.3, 0.4) is 0 Å². The van der Waals surface area contributed by atoms with Crippen LogP contribution in [0.4, 0.5) is 4.39 Å². The van der Waals surface area contributed by atoms with E-state index in [1.165, 1.54) is 29.0 Å². The Kier molecular flexibility index (Phi) is 13.0. The van der Waals surface area contributed by atoms with Crippen molar-refractivity contribution in [3.8, 4) is 16.9 Å². The van der Waals surface area contributed by atoms with E-state index in [4.69, 9.17) is 9.47 Å². The van der Waals surface area contributed by atoms with Crippen LogP contribution in [0.1, 0.15) is 52.7 Å². The van der Waals surface area contributed by atoms with Gasteiger partial charge in [0, 0.05) is 63.3 Å². The number of methoxy groups -OCH3 is 1. The lowest BCUT2D eigenvalue weighted by Crippen LogP contribution is -2.15. The lowest BCUT2D eigenvalue weighted by Gasteiger charge is -2.22. The summed E-state index contributed by atoms with van der Waals surface area (Å²) in [4.78, 5) is 6.58. The van der Waals surface area contributed by atoms with E-state index in [2.05, 4.69) is 39.5 Å². The third-order valence-electron chi connectivity index (χ3n) is 6.28. The molecule has 0 radical (unpaired) electrons. The summed E-state index contributed by atoms with van der Waals surface area (Å²) in [5.41, 5.74) is 7.25. The van der Waals surface area contributed by atoms with Gasteiger partial charge in [0.15, 0.2) is 0 Å². The molecule has 0 aliphatic heterocycles. The molecule has 3 aromatic rings. The fraction of sp³-hybridized carbons (Fsp3) is 0.452. The van der Waals surface area contributed by atoms with Gasteiger partial charge in [-0.25, -0.2) is 9.37 Å². The van der Waals surface area contributed by atoms with E-state index in [1.807, 2.05) is 59.5 Å². The van der Waals surface area contributed by atoms with Gasteiger partial charge in [0.25, 0.3) is 0 Å². The molecule has 0 saturated carbocycles. The Balaban J connectivity index is 0.00000247. The van der Waals surface area contributed by atoms with E-state index < -0.39 is 0 Å². The van der Waals surface area contributed by atoms with Crippen molar-refractivity contribution in [1.82, 2.24) is 19.6 Å². The Morgan fingerprint density at radius 3 is 2.61 bits per heavy atom. The summed E-state index contributed by atoms with van der Waals surface area (Å²) in [6, 6.07) is 8.68. The SMILES string of the molecule is CC.CCC/C=C(COC)/C(CCOc1cc(F)ccc1-c1ccc2ncc(CNC)n2c1)=C(/C)N(C)C. The van der Waals surface area contributed by atoms with Gasteiger partial charge in [0.1, 0.15) is 17.2 Å². The molecule has 2 heterocycles. The zero-order chi connectivity index (χ0) is 28.1. The van der Waals surface area contributed by atoms with Crippen LogP contribution in [-0.2, 0) is 11.3 Å². The van der Waals surface area contributed by atoms with Gasteiger partial charge in [-0.15, -0.1) is 0 Å². The monoisotopic (exact) mass is 524 g/mol. The Bertz CT molecular complexity index is 1210. The molecule has 6 nitrogen and oxygen atoms in total. The summed E-state index contributed by atoms with van der Waals surface area (Å²) in [6.45, 7) is 9.95. The Labute approximate surface area is 228 Å². The van der Waals surface area contributed by atoms with Gasteiger partial charge in [-0.1, -0.05) is 33.3 Å². The summed E-state index contributed by atoms with van der Waals surface area (Å²) < 4.78 is 28.1. The molecule has 0 amide bonds. The first-order chi connectivity index (χ1) is 18.4. The molecule has 0 aliphatic carbocycles. The van der Waals surface area contributed by atoms with Crippen molar-refractivity contribution in [1.29, 1.82) is 0 Å². The van der Waals surface area contributed by atoms with Crippen LogP contribution in [-0.4, -0.2) is 55.8 Å². The molecule has 0 atom stereocenters. The summed E-state index contributed by atoms with van der Waals surface area (Å²) in [5.74, 6) is 0.203. The van der Waals surface area contributed by atoms with Gasteiger partial charge in [-0.2, -0.15) is 0 Å². The number of nitrogens with one attached hydrogen (secondary N) is 1.